The summed E-state index contributed by atoms with van der Waals surface area (Å²) >= 11 is 0. The number of aromatic amines is 1. The summed E-state index contributed by atoms with van der Waals surface area (Å²) in [4.78, 5) is 6.09. The van der Waals surface area contributed by atoms with Gasteiger partial charge < -0.3 is 9.72 Å². The summed E-state index contributed by atoms with van der Waals surface area (Å²) in [6.07, 6.45) is 1.12. The van der Waals surface area contributed by atoms with E-state index in [-0.39, 0.29) is 0 Å². The zero-order valence-corrected chi connectivity index (χ0v) is 12.8. The molecule has 1 aromatic heterocycles. The lowest BCUT2D eigenvalue weighted by Gasteiger charge is -2.27. The van der Waals surface area contributed by atoms with Gasteiger partial charge in [-0.05, 0) is 35.7 Å². The van der Waals surface area contributed by atoms with Crippen molar-refractivity contribution in [2.75, 3.05) is 13.7 Å². The molecule has 0 amide bonds. The van der Waals surface area contributed by atoms with Crippen molar-refractivity contribution in [2.45, 2.75) is 19.5 Å². The number of rotatable bonds is 3. The van der Waals surface area contributed by atoms with Crippen LogP contribution in [0.5, 0.6) is 5.75 Å². The van der Waals surface area contributed by atoms with Gasteiger partial charge in [0.1, 0.15) is 5.75 Å². The molecule has 0 saturated heterocycles. The van der Waals surface area contributed by atoms with Crippen LogP contribution in [0.15, 0.2) is 48.5 Å². The van der Waals surface area contributed by atoms with E-state index in [1.54, 1.807) is 7.11 Å². The van der Waals surface area contributed by atoms with Crippen molar-refractivity contribution in [1.82, 2.24) is 9.88 Å². The molecule has 0 fully saturated rings. The van der Waals surface area contributed by atoms with Gasteiger partial charge >= 0.3 is 0 Å². The van der Waals surface area contributed by atoms with E-state index in [0.29, 0.717) is 0 Å². The molecule has 0 bridgehead atoms. The van der Waals surface area contributed by atoms with E-state index in [0.717, 1.165) is 31.8 Å². The molecule has 0 aliphatic carbocycles. The van der Waals surface area contributed by atoms with Gasteiger partial charge in [0.2, 0.25) is 0 Å². The Kier molecular flexibility index (Phi) is 3.35. The highest BCUT2D eigenvalue weighted by Crippen LogP contribution is 2.28. The highest BCUT2D eigenvalue weighted by molar-refractivity contribution is 5.84. The number of fused-ring (bicyclic) bond motifs is 3. The zero-order valence-electron chi connectivity index (χ0n) is 12.8. The highest BCUT2D eigenvalue weighted by Gasteiger charge is 2.20. The highest BCUT2D eigenvalue weighted by atomic mass is 16.5. The monoisotopic (exact) mass is 292 g/mol. The number of aromatic nitrogens is 1. The summed E-state index contributed by atoms with van der Waals surface area (Å²) in [5, 5.41) is 1.39. The molecule has 2 heterocycles. The maximum Gasteiger partial charge on any atom is 0.118 e. The van der Waals surface area contributed by atoms with Crippen LogP contribution in [0.2, 0.25) is 0 Å². The van der Waals surface area contributed by atoms with Crippen LogP contribution in [0.25, 0.3) is 10.9 Å². The maximum atomic E-state index is 5.22. The van der Waals surface area contributed by atoms with Gasteiger partial charge in [0.05, 0.1) is 7.11 Å². The number of nitrogens with zero attached hydrogens (tertiary/aromatic N) is 1. The number of hydrogen-bond donors (Lipinski definition) is 1. The van der Waals surface area contributed by atoms with Gasteiger partial charge in [-0.15, -0.1) is 0 Å². The first-order chi connectivity index (χ1) is 10.8. The van der Waals surface area contributed by atoms with Crippen molar-refractivity contribution < 1.29 is 4.74 Å². The molecule has 1 N–H and O–H groups in total. The summed E-state index contributed by atoms with van der Waals surface area (Å²) in [7, 11) is 1.71. The first kappa shape index (κ1) is 13.4. The van der Waals surface area contributed by atoms with Gasteiger partial charge in [-0.2, -0.15) is 0 Å². The normalized spacial score (nSPS) is 15.0. The van der Waals surface area contributed by atoms with Crippen LogP contribution >= 0.6 is 0 Å². The molecule has 4 rings (SSSR count). The smallest absolute Gasteiger partial charge is 0.118 e. The molecule has 0 atom stereocenters. The standard InChI is InChI=1S/C19H20N2O/c1-22-15-8-6-14(7-9-15)12-21-11-10-17-16-4-2-3-5-18(16)20-19(17)13-21/h2-9,20H,10-13H2,1H3. The predicted octanol–water partition coefficient (Wildman–Crippen LogP) is 3.73. The fourth-order valence-corrected chi connectivity index (χ4v) is 3.37. The van der Waals surface area contributed by atoms with Crippen molar-refractivity contribution in [2.24, 2.45) is 0 Å². The second-order valence-electron chi connectivity index (χ2n) is 5.94. The molecule has 2 aromatic carbocycles. The largest absolute Gasteiger partial charge is 0.497 e. The van der Waals surface area contributed by atoms with Crippen LogP contribution in [-0.4, -0.2) is 23.5 Å². The summed E-state index contributed by atoms with van der Waals surface area (Å²) in [6, 6.07) is 17.0. The minimum absolute atomic E-state index is 0.917. The minimum atomic E-state index is 0.917. The van der Waals surface area contributed by atoms with Crippen LogP contribution in [0.4, 0.5) is 0 Å². The SMILES string of the molecule is COc1ccc(CN2CCc3c([nH]c4ccccc34)C2)cc1. The van der Waals surface area contributed by atoms with Crippen molar-refractivity contribution >= 4 is 10.9 Å². The van der Waals surface area contributed by atoms with Crippen LogP contribution in [0.1, 0.15) is 16.8 Å². The van der Waals surface area contributed by atoms with E-state index in [2.05, 4.69) is 46.3 Å². The molecule has 1 aliphatic rings. The van der Waals surface area contributed by atoms with Gasteiger partial charge in [0.15, 0.2) is 0 Å². The zero-order chi connectivity index (χ0) is 14.9. The van der Waals surface area contributed by atoms with Gasteiger partial charge in [0.25, 0.3) is 0 Å². The first-order valence-corrected chi connectivity index (χ1v) is 7.77. The first-order valence-electron chi connectivity index (χ1n) is 7.77. The second-order valence-corrected chi connectivity index (χ2v) is 5.94. The Balaban J connectivity index is 1.53. The van der Waals surface area contributed by atoms with Crippen molar-refractivity contribution in [3.8, 4) is 5.75 Å². The lowest BCUT2D eigenvalue weighted by atomic mass is 10.0. The Morgan fingerprint density at radius 1 is 1.09 bits per heavy atom. The molecule has 0 unspecified atom stereocenters. The number of ether oxygens (including phenoxy) is 1. The predicted molar refractivity (Wildman–Crippen MR) is 89.1 cm³/mol. The Morgan fingerprint density at radius 3 is 2.73 bits per heavy atom. The Labute approximate surface area is 130 Å². The Morgan fingerprint density at radius 2 is 1.91 bits per heavy atom. The summed E-state index contributed by atoms with van der Waals surface area (Å²) in [5.74, 6) is 0.917. The number of benzene rings is 2. The van der Waals surface area contributed by atoms with E-state index < -0.39 is 0 Å². The van der Waals surface area contributed by atoms with Crippen LogP contribution in [0.3, 0.4) is 0 Å². The molecule has 3 nitrogen and oxygen atoms in total. The van der Waals surface area contributed by atoms with Crippen LogP contribution in [-0.2, 0) is 19.5 Å². The third kappa shape index (κ3) is 2.38. The number of para-hydroxylation sites is 1. The summed E-state index contributed by atoms with van der Waals surface area (Å²) in [6.45, 7) is 3.09. The molecule has 112 valence electrons. The van der Waals surface area contributed by atoms with Gasteiger partial charge in [-0.1, -0.05) is 30.3 Å². The summed E-state index contributed by atoms with van der Waals surface area (Å²) < 4.78 is 5.22. The molecule has 0 radical (unpaired) electrons. The third-order valence-electron chi connectivity index (χ3n) is 4.53. The topological polar surface area (TPSA) is 28.3 Å². The fraction of sp³-hybridized carbons (Fsp3) is 0.263. The average Bonchev–Trinajstić information content (AvgIpc) is 2.93. The number of hydrogen-bond acceptors (Lipinski definition) is 2. The minimum Gasteiger partial charge on any atom is -0.497 e. The molecular weight excluding hydrogens is 272 g/mol. The van der Waals surface area contributed by atoms with Crippen LogP contribution < -0.4 is 4.74 Å². The van der Waals surface area contributed by atoms with Gasteiger partial charge in [-0.25, -0.2) is 0 Å². The van der Waals surface area contributed by atoms with E-state index in [9.17, 15) is 0 Å². The fourth-order valence-electron chi connectivity index (χ4n) is 3.37. The molecule has 3 heteroatoms. The van der Waals surface area contributed by atoms with E-state index in [4.69, 9.17) is 4.74 Å². The lowest BCUT2D eigenvalue weighted by Crippen LogP contribution is -2.29. The number of H-pyrrole nitrogens is 1. The molecule has 3 aromatic rings. The summed E-state index contributed by atoms with van der Waals surface area (Å²) in [5.41, 5.74) is 5.47. The molecule has 22 heavy (non-hydrogen) atoms. The van der Waals surface area contributed by atoms with E-state index in [1.807, 2.05) is 12.1 Å². The van der Waals surface area contributed by atoms with Gasteiger partial charge in [0, 0.05) is 36.2 Å². The van der Waals surface area contributed by atoms with Gasteiger partial charge in [-0.3, -0.25) is 4.90 Å². The quantitative estimate of drug-likeness (QED) is 0.796. The third-order valence-corrected chi connectivity index (χ3v) is 4.53. The Hall–Kier alpha value is -2.26. The maximum absolute atomic E-state index is 5.22. The van der Waals surface area contributed by atoms with Crippen LogP contribution in [0, 0.1) is 0 Å². The van der Waals surface area contributed by atoms with Crippen molar-refractivity contribution in [1.29, 1.82) is 0 Å². The molecular formula is C19H20N2O. The molecule has 0 saturated carbocycles. The molecule has 1 aliphatic heterocycles. The second kappa shape index (κ2) is 5.50. The van der Waals surface area contributed by atoms with Crippen molar-refractivity contribution in [3.63, 3.8) is 0 Å². The Bertz CT molecular complexity index is 789. The van der Waals surface area contributed by atoms with E-state index in [1.165, 1.54) is 27.7 Å². The average molecular weight is 292 g/mol. The lowest BCUT2D eigenvalue weighted by molar-refractivity contribution is 0.243. The number of methoxy groups -OCH3 is 1. The molecule has 0 spiro atoms. The van der Waals surface area contributed by atoms with E-state index >= 15 is 0 Å². The number of nitrogens with one attached hydrogen (secondary N) is 1. The van der Waals surface area contributed by atoms with Crippen molar-refractivity contribution in [3.05, 3.63) is 65.4 Å².